The highest BCUT2D eigenvalue weighted by Crippen LogP contribution is 2.32. The Morgan fingerprint density at radius 2 is 2.12 bits per heavy atom. The van der Waals surface area contributed by atoms with Gasteiger partial charge in [0.1, 0.15) is 0 Å². The third-order valence-electron chi connectivity index (χ3n) is 2.01. The summed E-state index contributed by atoms with van der Waals surface area (Å²) in [5, 5.41) is 12.3. The van der Waals surface area contributed by atoms with Gasteiger partial charge in [0.05, 0.1) is 12.8 Å². The van der Waals surface area contributed by atoms with Crippen molar-refractivity contribution in [3.8, 4) is 11.6 Å². The van der Waals surface area contributed by atoms with Gasteiger partial charge in [0, 0.05) is 11.6 Å². The Labute approximate surface area is 94.5 Å². The van der Waals surface area contributed by atoms with Crippen molar-refractivity contribution in [1.82, 2.24) is 4.98 Å². The Morgan fingerprint density at radius 3 is 2.62 bits per heavy atom. The number of aromatic nitrogens is 1. The van der Waals surface area contributed by atoms with Gasteiger partial charge in [-0.2, -0.15) is 0 Å². The predicted octanol–water partition coefficient (Wildman–Crippen LogP) is 1.78. The van der Waals surface area contributed by atoms with Crippen LogP contribution in [0.25, 0.3) is 0 Å². The van der Waals surface area contributed by atoms with Crippen LogP contribution in [0.1, 0.15) is 20.8 Å². The largest absolute Gasteiger partial charge is 0.502 e. The first kappa shape index (κ1) is 12.3. The molecule has 1 aromatic heterocycles. The number of nitrogens with zero attached hydrogens (tertiary/aromatic N) is 1. The Bertz CT molecular complexity index is 397. The fourth-order valence-corrected chi connectivity index (χ4v) is 0.995. The molecule has 0 unspecified atom stereocenters. The monoisotopic (exact) mass is 224 g/mol. The van der Waals surface area contributed by atoms with Gasteiger partial charge in [-0.05, 0) is 6.07 Å². The number of carbonyl (C=O) groups is 1. The van der Waals surface area contributed by atoms with Crippen LogP contribution in [0.2, 0.25) is 0 Å². The van der Waals surface area contributed by atoms with Gasteiger partial charge in [0.15, 0.2) is 0 Å². The lowest BCUT2D eigenvalue weighted by molar-refractivity contribution is -0.123. The number of aromatic hydroxyl groups is 1. The number of hydrogen-bond acceptors (Lipinski definition) is 4. The van der Waals surface area contributed by atoms with Crippen molar-refractivity contribution < 1.29 is 14.6 Å². The minimum atomic E-state index is -0.525. The number of amides is 1. The molecule has 0 spiro atoms. The number of nitrogens with one attached hydrogen (secondary N) is 1. The zero-order chi connectivity index (χ0) is 12.3. The average molecular weight is 224 g/mol. The summed E-state index contributed by atoms with van der Waals surface area (Å²) in [7, 11) is 1.40. The SMILES string of the molecule is COc1nccc(NC(=O)C(C)(C)C)c1O. The van der Waals surface area contributed by atoms with Crippen LogP contribution in [0, 0.1) is 5.41 Å². The number of carbonyl (C=O) groups excluding carboxylic acids is 1. The number of hydrogen-bond donors (Lipinski definition) is 2. The summed E-state index contributed by atoms with van der Waals surface area (Å²) in [4.78, 5) is 15.5. The first-order chi connectivity index (χ1) is 7.36. The van der Waals surface area contributed by atoms with Gasteiger partial charge in [-0.1, -0.05) is 20.8 Å². The molecule has 1 heterocycles. The molecule has 2 N–H and O–H groups in total. The number of ether oxygens (including phenoxy) is 1. The molecule has 0 aromatic carbocycles. The van der Waals surface area contributed by atoms with E-state index in [1.165, 1.54) is 19.4 Å². The van der Waals surface area contributed by atoms with Crippen LogP contribution in [-0.2, 0) is 4.79 Å². The molecule has 1 aromatic rings. The molecule has 16 heavy (non-hydrogen) atoms. The molecule has 0 radical (unpaired) electrons. The number of methoxy groups -OCH3 is 1. The molecule has 0 aliphatic carbocycles. The van der Waals surface area contributed by atoms with Crippen molar-refractivity contribution in [1.29, 1.82) is 0 Å². The van der Waals surface area contributed by atoms with Crippen LogP contribution >= 0.6 is 0 Å². The molecule has 1 amide bonds. The summed E-state index contributed by atoms with van der Waals surface area (Å²) in [5.41, 5.74) is -0.227. The first-order valence-electron chi connectivity index (χ1n) is 4.89. The molecule has 0 atom stereocenters. The lowest BCUT2D eigenvalue weighted by atomic mass is 9.95. The Hall–Kier alpha value is -1.78. The normalized spacial score (nSPS) is 11.0. The molecule has 5 nitrogen and oxygen atoms in total. The zero-order valence-electron chi connectivity index (χ0n) is 9.87. The van der Waals surface area contributed by atoms with E-state index in [0.717, 1.165) is 0 Å². The molecule has 0 saturated carbocycles. The van der Waals surface area contributed by atoms with E-state index >= 15 is 0 Å². The predicted molar refractivity (Wildman–Crippen MR) is 60.5 cm³/mol. The maximum Gasteiger partial charge on any atom is 0.258 e. The third-order valence-corrected chi connectivity index (χ3v) is 2.01. The van der Waals surface area contributed by atoms with Gasteiger partial charge >= 0.3 is 0 Å². The Morgan fingerprint density at radius 1 is 1.50 bits per heavy atom. The summed E-state index contributed by atoms with van der Waals surface area (Å²) in [5.74, 6) is -0.259. The van der Waals surface area contributed by atoms with E-state index in [2.05, 4.69) is 10.3 Å². The summed E-state index contributed by atoms with van der Waals surface area (Å²) in [6.45, 7) is 5.37. The van der Waals surface area contributed by atoms with Crippen LogP contribution < -0.4 is 10.1 Å². The molecule has 0 aliphatic heterocycles. The highest BCUT2D eigenvalue weighted by molar-refractivity contribution is 5.95. The minimum absolute atomic E-state index is 0.0895. The summed E-state index contributed by atoms with van der Waals surface area (Å²) in [6.07, 6.45) is 1.46. The van der Waals surface area contributed by atoms with E-state index < -0.39 is 5.41 Å². The van der Waals surface area contributed by atoms with Crippen molar-refractivity contribution in [3.63, 3.8) is 0 Å². The maximum atomic E-state index is 11.7. The number of anilines is 1. The molecule has 88 valence electrons. The molecular weight excluding hydrogens is 208 g/mol. The van der Waals surface area contributed by atoms with Gasteiger partial charge < -0.3 is 15.2 Å². The van der Waals surface area contributed by atoms with Crippen molar-refractivity contribution in [3.05, 3.63) is 12.3 Å². The van der Waals surface area contributed by atoms with Crippen molar-refractivity contribution in [2.75, 3.05) is 12.4 Å². The van der Waals surface area contributed by atoms with Crippen LogP contribution in [-0.4, -0.2) is 23.1 Å². The zero-order valence-corrected chi connectivity index (χ0v) is 9.87. The summed E-state index contributed by atoms with van der Waals surface area (Å²) in [6, 6.07) is 1.52. The maximum absolute atomic E-state index is 11.7. The van der Waals surface area contributed by atoms with E-state index in [-0.39, 0.29) is 17.5 Å². The highest BCUT2D eigenvalue weighted by Gasteiger charge is 2.22. The van der Waals surface area contributed by atoms with Gasteiger partial charge in [-0.15, -0.1) is 0 Å². The number of pyridine rings is 1. The lowest BCUT2D eigenvalue weighted by Crippen LogP contribution is -2.27. The molecule has 5 heteroatoms. The van der Waals surface area contributed by atoms with E-state index in [1.54, 1.807) is 20.8 Å². The van der Waals surface area contributed by atoms with Gasteiger partial charge in [0.25, 0.3) is 5.88 Å². The van der Waals surface area contributed by atoms with Crippen molar-refractivity contribution >= 4 is 11.6 Å². The number of rotatable bonds is 2. The molecule has 0 aliphatic rings. The average Bonchev–Trinajstić information content (AvgIpc) is 2.19. The van der Waals surface area contributed by atoms with E-state index in [4.69, 9.17) is 4.74 Å². The Balaban J connectivity index is 2.94. The molecule has 0 bridgehead atoms. The van der Waals surface area contributed by atoms with E-state index in [0.29, 0.717) is 5.69 Å². The van der Waals surface area contributed by atoms with Crippen LogP contribution in [0.15, 0.2) is 12.3 Å². The molecule has 1 rings (SSSR count). The van der Waals surface area contributed by atoms with Crippen molar-refractivity contribution in [2.45, 2.75) is 20.8 Å². The second-order valence-electron chi connectivity index (χ2n) is 4.42. The second kappa shape index (κ2) is 4.38. The van der Waals surface area contributed by atoms with Crippen LogP contribution in [0.5, 0.6) is 11.6 Å². The smallest absolute Gasteiger partial charge is 0.258 e. The highest BCUT2D eigenvalue weighted by atomic mass is 16.5. The van der Waals surface area contributed by atoms with Crippen LogP contribution in [0.4, 0.5) is 5.69 Å². The van der Waals surface area contributed by atoms with Gasteiger partial charge in [0.2, 0.25) is 11.7 Å². The van der Waals surface area contributed by atoms with E-state index in [9.17, 15) is 9.90 Å². The molecule has 0 fully saturated rings. The van der Waals surface area contributed by atoms with Gasteiger partial charge in [-0.3, -0.25) is 4.79 Å². The second-order valence-corrected chi connectivity index (χ2v) is 4.42. The Kier molecular flexibility index (Phi) is 3.37. The lowest BCUT2D eigenvalue weighted by Gasteiger charge is -2.18. The van der Waals surface area contributed by atoms with Gasteiger partial charge in [-0.25, -0.2) is 4.98 Å². The first-order valence-corrected chi connectivity index (χ1v) is 4.89. The third kappa shape index (κ3) is 2.62. The summed E-state index contributed by atoms with van der Waals surface area (Å²) >= 11 is 0. The summed E-state index contributed by atoms with van der Waals surface area (Å²) < 4.78 is 4.84. The molecular formula is C11H16N2O3. The fraction of sp³-hybridized carbons (Fsp3) is 0.455. The quantitative estimate of drug-likeness (QED) is 0.803. The van der Waals surface area contributed by atoms with E-state index in [1.807, 2.05) is 0 Å². The molecule has 0 saturated heterocycles. The fourth-order valence-electron chi connectivity index (χ4n) is 0.995. The van der Waals surface area contributed by atoms with Crippen molar-refractivity contribution in [2.24, 2.45) is 5.41 Å². The topological polar surface area (TPSA) is 71.5 Å². The minimum Gasteiger partial charge on any atom is -0.502 e. The standard InChI is InChI=1S/C11H16N2O3/c1-11(2,3)10(15)13-7-5-6-12-9(16-4)8(7)14/h5-6,14H,1-4H3,(H,12,13,15). The van der Waals surface area contributed by atoms with Crippen LogP contribution in [0.3, 0.4) is 0 Å².